The Labute approximate surface area is 279 Å². The van der Waals surface area contributed by atoms with E-state index in [-0.39, 0.29) is 50.3 Å². The number of benzene rings is 2. The molecule has 7 N–H and O–H groups in total. The number of carboxylic acid groups (broad SMARTS) is 1. The van der Waals surface area contributed by atoms with Crippen molar-refractivity contribution in [3.63, 3.8) is 0 Å². The van der Waals surface area contributed by atoms with Gasteiger partial charge in [0.15, 0.2) is 5.96 Å². The molecule has 0 aliphatic carbocycles. The van der Waals surface area contributed by atoms with E-state index >= 15 is 0 Å². The number of primary amides is 2. The first-order valence-corrected chi connectivity index (χ1v) is 14.3. The second-order valence-corrected chi connectivity index (χ2v) is 11.3. The van der Waals surface area contributed by atoms with Gasteiger partial charge in [-0.3, -0.25) is 19.1 Å². The fourth-order valence-corrected chi connectivity index (χ4v) is 5.23. The van der Waals surface area contributed by atoms with Crippen molar-refractivity contribution in [1.29, 1.82) is 0 Å². The first kappa shape index (κ1) is 37.8. The summed E-state index contributed by atoms with van der Waals surface area (Å²) in [4.78, 5) is 50.6. The van der Waals surface area contributed by atoms with E-state index in [0.717, 1.165) is 23.9 Å². The number of rotatable bonds is 8. The van der Waals surface area contributed by atoms with Gasteiger partial charge < -0.3 is 31.9 Å². The molecule has 1 aliphatic heterocycles. The number of aliphatic carboxylic acids is 1. The zero-order chi connectivity index (χ0) is 36.1. The van der Waals surface area contributed by atoms with Crippen LogP contribution in [0.4, 0.5) is 36.4 Å². The van der Waals surface area contributed by atoms with E-state index in [9.17, 15) is 45.1 Å². The van der Waals surface area contributed by atoms with Crippen LogP contribution in [0.3, 0.4) is 0 Å². The molecule has 2 aromatic carbocycles. The van der Waals surface area contributed by atoms with Crippen LogP contribution in [0.25, 0.3) is 10.9 Å². The molecule has 3 aromatic rings. The van der Waals surface area contributed by atoms with Crippen molar-refractivity contribution >= 4 is 68.9 Å². The molecule has 260 valence electrons. The second-order valence-electron chi connectivity index (χ2n) is 10.0. The third kappa shape index (κ3) is 9.44. The zero-order valence-corrected chi connectivity index (χ0v) is 26.5. The van der Waals surface area contributed by atoms with Crippen molar-refractivity contribution in [3.8, 4) is 0 Å². The molecular weight excluding hydrogens is 778 g/mol. The Morgan fingerprint density at radius 3 is 2.27 bits per heavy atom. The number of anilines is 1. The van der Waals surface area contributed by atoms with Crippen molar-refractivity contribution in [2.45, 2.75) is 36.9 Å². The smallest absolute Gasteiger partial charge is 0.475 e. The fraction of sp³-hybridized carbons (Fsp3) is 0.333. The van der Waals surface area contributed by atoms with Gasteiger partial charge in [0.25, 0.3) is 0 Å². The lowest BCUT2D eigenvalue weighted by atomic mass is 9.87. The Kier molecular flexibility index (Phi) is 11.8. The summed E-state index contributed by atoms with van der Waals surface area (Å²) in [5, 5.41) is 17.3. The number of nitrogens with one attached hydrogen (secondary N) is 2. The van der Waals surface area contributed by atoms with Crippen molar-refractivity contribution in [2.24, 2.45) is 16.5 Å². The molecule has 48 heavy (non-hydrogen) atoms. The van der Waals surface area contributed by atoms with Crippen LogP contribution < -0.4 is 22.1 Å². The minimum absolute atomic E-state index is 0.00242. The van der Waals surface area contributed by atoms with Crippen molar-refractivity contribution in [1.82, 2.24) is 15.1 Å². The quantitative estimate of drug-likeness (QED) is 0.128. The average Bonchev–Trinajstić information content (AvgIpc) is 3.39. The van der Waals surface area contributed by atoms with Gasteiger partial charge >= 0.3 is 24.3 Å². The van der Waals surface area contributed by atoms with Crippen LogP contribution in [0.5, 0.6) is 0 Å². The fourth-order valence-electron chi connectivity index (χ4n) is 4.54. The van der Waals surface area contributed by atoms with Crippen LogP contribution in [0.15, 0.2) is 41.5 Å². The number of carboxylic acids is 1. The lowest BCUT2D eigenvalue weighted by Crippen LogP contribution is -2.41. The van der Waals surface area contributed by atoms with Crippen LogP contribution in [0, 0.1) is 3.57 Å². The van der Waals surface area contributed by atoms with E-state index in [4.69, 9.17) is 26.1 Å². The van der Waals surface area contributed by atoms with Crippen LogP contribution in [-0.4, -0.2) is 77.1 Å². The van der Waals surface area contributed by atoms with E-state index in [2.05, 4.69) is 20.7 Å². The molecule has 13 nitrogen and oxygen atoms in total. The van der Waals surface area contributed by atoms with Gasteiger partial charge in [-0.2, -0.15) is 31.4 Å². The summed E-state index contributed by atoms with van der Waals surface area (Å²) in [6, 6.07) is 4.55. The molecule has 1 aromatic heterocycles. The van der Waals surface area contributed by atoms with Crippen molar-refractivity contribution < 1.29 is 59.8 Å². The monoisotopic (exact) mass is 803 g/mol. The van der Waals surface area contributed by atoms with Gasteiger partial charge in [-0.25, -0.2) is 14.2 Å². The van der Waals surface area contributed by atoms with E-state index in [1.165, 1.54) is 24.4 Å². The van der Waals surface area contributed by atoms with Gasteiger partial charge in [0.2, 0.25) is 11.8 Å². The van der Waals surface area contributed by atoms with Gasteiger partial charge in [-0.05, 0) is 58.5 Å². The van der Waals surface area contributed by atoms with Crippen molar-refractivity contribution in [2.75, 3.05) is 25.5 Å². The summed E-state index contributed by atoms with van der Waals surface area (Å²) in [5.74, 6) is -6.45. The number of methoxy groups -OCH3 is 1. The molecule has 0 spiro atoms. The molecule has 0 radical (unpaired) electrons. The molecule has 2 amide bonds. The third-order valence-electron chi connectivity index (χ3n) is 6.65. The van der Waals surface area contributed by atoms with E-state index in [1.807, 2.05) is 0 Å². The van der Waals surface area contributed by atoms with Crippen molar-refractivity contribution in [3.05, 3.63) is 56.8 Å². The molecular formula is C27H25F7IN7O6. The maximum atomic E-state index is 13.7. The summed E-state index contributed by atoms with van der Waals surface area (Å²) in [6.07, 6.45) is -10.2. The van der Waals surface area contributed by atoms with Crippen LogP contribution in [-0.2, 0) is 25.3 Å². The Balaban J connectivity index is 0.000000804. The molecule has 0 saturated heterocycles. The lowest BCUT2D eigenvalue weighted by molar-refractivity contribution is -0.192. The van der Waals surface area contributed by atoms with Crippen LogP contribution in [0.2, 0.25) is 0 Å². The first-order chi connectivity index (χ1) is 22.2. The summed E-state index contributed by atoms with van der Waals surface area (Å²) in [6.45, 7) is -0.0869. The Morgan fingerprint density at radius 1 is 1.12 bits per heavy atom. The number of alkyl halides is 7. The first-order valence-electron chi connectivity index (χ1n) is 13.3. The molecule has 0 saturated carbocycles. The molecule has 2 unspecified atom stereocenters. The number of halogens is 8. The highest BCUT2D eigenvalue weighted by Gasteiger charge is 2.39. The molecule has 1 aliphatic rings. The maximum Gasteiger partial charge on any atom is 0.490 e. The van der Waals surface area contributed by atoms with Crippen LogP contribution in [0.1, 0.15) is 39.9 Å². The normalized spacial score (nSPS) is 16.0. The Hall–Kier alpha value is -4.70. The molecule has 3 atom stereocenters. The Morgan fingerprint density at radius 2 is 1.77 bits per heavy atom. The predicted molar refractivity (Wildman–Crippen MR) is 163 cm³/mol. The highest BCUT2D eigenvalue weighted by atomic mass is 127. The lowest BCUT2D eigenvalue weighted by Gasteiger charge is -2.26. The molecule has 2 heterocycles. The minimum atomic E-state index is -5.08. The van der Waals surface area contributed by atoms with Gasteiger partial charge in [-0.15, -0.1) is 0 Å². The molecule has 21 heteroatoms. The van der Waals surface area contributed by atoms with Gasteiger partial charge in [-0.1, -0.05) is 0 Å². The predicted octanol–water partition coefficient (Wildman–Crippen LogP) is 3.47. The summed E-state index contributed by atoms with van der Waals surface area (Å²) < 4.78 is 92.3. The number of aromatic nitrogens is 2. The summed E-state index contributed by atoms with van der Waals surface area (Å²) in [7, 11) is 1.10. The number of fused-ring (bicyclic) bond motifs is 1. The van der Waals surface area contributed by atoms with E-state index in [1.54, 1.807) is 22.6 Å². The number of amides is 2. The summed E-state index contributed by atoms with van der Waals surface area (Å²) >= 11 is 1.70. The maximum absolute atomic E-state index is 13.7. The number of guanidine groups is 1. The van der Waals surface area contributed by atoms with E-state index < -0.39 is 66.2 Å². The highest BCUT2D eigenvalue weighted by Crippen LogP contribution is 2.39. The molecule has 0 fully saturated rings. The highest BCUT2D eigenvalue weighted by molar-refractivity contribution is 14.1. The van der Waals surface area contributed by atoms with Gasteiger partial charge in [0.05, 0.1) is 49.5 Å². The van der Waals surface area contributed by atoms with Gasteiger partial charge in [0.1, 0.15) is 12.2 Å². The zero-order valence-electron chi connectivity index (χ0n) is 24.3. The standard InChI is InChI=1S/C25H24F4IN7O4.C2HF3O2/c1-41-20(38)7-16(11-2-12(25(27,28)29)4-14(30)3-11)21(23(32)40)37-19-6-15(36-24-33-8-13(26)9-34-24)5-17(22(31)39)18(19)10-35-37;3-2(4,5)1(6)7/h2-6,10,13,16,21H,7-9H2,1H3,(H2,31,39)(H2,32,40)(H2,33,34,36);(H,6,7)/t16-,21?;/m0./s1. The third-order valence-corrected chi connectivity index (χ3v) is 7.27. The Bertz CT molecular complexity index is 1750. The number of esters is 1. The largest absolute Gasteiger partial charge is 0.490 e. The number of hydrogen-bond donors (Lipinski definition) is 5. The number of aliphatic imine (C=N–C) groups is 1. The number of nitrogens with two attached hydrogens (primary N) is 2. The second kappa shape index (κ2) is 15.0. The van der Waals surface area contributed by atoms with Gasteiger partial charge in [0, 0.05) is 20.6 Å². The average molecular weight is 803 g/mol. The topological polar surface area (TPSA) is 204 Å². The number of carbonyl (C=O) groups excluding carboxylic acids is 3. The number of ether oxygens (including phenoxy) is 1. The van der Waals surface area contributed by atoms with Crippen LogP contribution >= 0.6 is 22.6 Å². The number of nitrogens with zero attached hydrogens (tertiary/aromatic N) is 3. The summed E-state index contributed by atoms with van der Waals surface area (Å²) in [5.41, 5.74) is 10.8. The SMILES string of the molecule is COC(=O)C[C@@H](c1cc(I)cc(C(F)(F)F)c1)C(C(N)=O)n1ncc2c(C(N)=O)cc(NC3=NCC(F)CN3)cc21.O=C(O)C(F)(F)F. The minimum Gasteiger partial charge on any atom is -0.475 e. The van der Waals surface area contributed by atoms with E-state index in [0.29, 0.717) is 0 Å². The number of hydrogen-bond acceptors (Lipinski definition) is 9. The number of carbonyl (C=O) groups is 4. The molecule has 4 rings (SSSR count). The molecule has 0 bridgehead atoms.